The normalized spacial score (nSPS) is 10.7. The van der Waals surface area contributed by atoms with Crippen LogP contribution in [0.25, 0.3) is 11.0 Å². The van der Waals surface area contributed by atoms with Gasteiger partial charge in [-0.15, -0.1) is 0 Å². The van der Waals surface area contributed by atoms with E-state index in [1.165, 1.54) is 0 Å². The van der Waals surface area contributed by atoms with Crippen LogP contribution >= 0.6 is 0 Å². The Hall–Kier alpha value is -4.46. The van der Waals surface area contributed by atoms with Crippen LogP contribution < -0.4 is 24.8 Å². The highest BCUT2D eigenvalue weighted by molar-refractivity contribution is 6.08. The summed E-state index contributed by atoms with van der Waals surface area (Å²) in [6, 6.07) is 17.5. The highest BCUT2D eigenvalue weighted by Gasteiger charge is 2.22. The second-order valence-corrected chi connectivity index (χ2v) is 7.90. The van der Waals surface area contributed by atoms with Gasteiger partial charge in [0, 0.05) is 28.6 Å². The average Bonchev–Trinajstić information content (AvgIpc) is 3.22. The minimum absolute atomic E-state index is 0.181. The summed E-state index contributed by atoms with van der Waals surface area (Å²) in [6.07, 6.45) is 0. The number of nitrogens with one attached hydrogen (secondary N) is 2. The zero-order chi connectivity index (χ0) is 25.7. The first kappa shape index (κ1) is 24.7. The Bertz CT molecular complexity index is 1390. The van der Waals surface area contributed by atoms with E-state index in [0.717, 1.165) is 5.39 Å². The van der Waals surface area contributed by atoms with Gasteiger partial charge in [0.2, 0.25) is 0 Å². The molecule has 4 rings (SSSR count). The van der Waals surface area contributed by atoms with Crippen LogP contribution in [0.4, 0.5) is 11.4 Å². The predicted octanol–water partition coefficient (Wildman–Crippen LogP) is 6.05. The molecule has 0 bridgehead atoms. The van der Waals surface area contributed by atoms with Gasteiger partial charge in [0.25, 0.3) is 11.8 Å². The van der Waals surface area contributed by atoms with Crippen LogP contribution in [0.2, 0.25) is 0 Å². The molecule has 8 nitrogen and oxygen atoms in total. The lowest BCUT2D eigenvalue weighted by molar-refractivity contribution is 0.0995. The summed E-state index contributed by atoms with van der Waals surface area (Å²) in [7, 11) is 1.58. The molecule has 1 aromatic heterocycles. The Morgan fingerprint density at radius 1 is 0.833 bits per heavy atom. The van der Waals surface area contributed by atoms with Gasteiger partial charge >= 0.3 is 0 Å². The van der Waals surface area contributed by atoms with Crippen molar-refractivity contribution in [1.29, 1.82) is 0 Å². The number of benzene rings is 3. The van der Waals surface area contributed by atoms with Crippen molar-refractivity contribution in [3.63, 3.8) is 0 Å². The molecule has 0 aliphatic heterocycles. The van der Waals surface area contributed by atoms with Crippen molar-refractivity contribution in [1.82, 2.24) is 0 Å². The molecule has 2 N–H and O–H groups in total. The van der Waals surface area contributed by atoms with Gasteiger partial charge in [-0.3, -0.25) is 9.59 Å². The van der Waals surface area contributed by atoms with Crippen LogP contribution in [-0.4, -0.2) is 32.1 Å². The summed E-state index contributed by atoms with van der Waals surface area (Å²) >= 11 is 0. The van der Waals surface area contributed by atoms with Gasteiger partial charge in [-0.05, 0) is 51.1 Å². The number of aryl methyl sites for hydroxylation is 1. The van der Waals surface area contributed by atoms with Gasteiger partial charge in [-0.25, -0.2) is 0 Å². The van der Waals surface area contributed by atoms with Gasteiger partial charge in [-0.1, -0.05) is 18.2 Å². The Morgan fingerprint density at radius 2 is 1.44 bits per heavy atom. The Labute approximate surface area is 209 Å². The van der Waals surface area contributed by atoms with Gasteiger partial charge < -0.3 is 29.3 Å². The number of furan rings is 1. The fourth-order valence-electron chi connectivity index (χ4n) is 3.81. The first-order valence-electron chi connectivity index (χ1n) is 11.6. The standard InChI is InChI=1S/C28H28N2O6/c1-5-34-24-16-22(25(35-6-2)15-21(24)29-27(31)18-10-8-7-9-11-18)30-28(32)26-17(3)20-14-19(33-4)12-13-23(20)36-26/h7-16H,5-6H2,1-4H3,(H,29,31)(H,30,32). The summed E-state index contributed by atoms with van der Waals surface area (Å²) in [6.45, 7) is 6.20. The predicted molar refractivity (Wildman–Crippen MR) is 139 cm³/mol. The molecular formula is C28H28N2O6. The van der Waals surface area contributed by atoms with Crippen LogP contribution in [-0.2, 0) is 0 Å². The molecule has 0 saturated carbocycles. The summed E-state index contributed by atoms with van der Waals surface area (Å²) in [4.78, 5) is 26.0. The molecule has 0 aliphatic rings. The minimum Gasteiger partial charge on any atom is -0.497 e. The van der Waals surface area contributed by atoms with E-state index in [0.29, 0.717) is 58.5 Å². The van der Waals surface area contributed by atoms with Crippen molar-refractivity contribution in [3.05, 3.63) is 77.6 Å². The summed E-state index contributed by atoms with van der Waals surface area (Å²) < 4.78 is 22.7. The Morgan fingerprint density at radius 3 is 2.03 bits per heavy atom. The first-order valence-corrected chi connectivity index (χ1v) is 11.6. The molecule has 0 fully saturated rings. The van der Waals surface area contributed by atoms with E-state index in [1.807, 2.05) is 32.9 Å². The highest BCUT2D eigenvalue weighted by Crippen LogP contribution is 2.38. The number of fused-ring (bicyclic) bond motifs is 1. The van der Waals surface area contributed by atoms with E-state index in [4.69, 9.17) is 18.6 Å². The lowest BCUT2D eigenvalue weighted by Crippen LogP contribution is -2.16. The van der Waals surface area contributed by atoms with Crippen molar-refractivity contribution in [3.8, 4) is 17.2 Å². The van der Waals surface area contributed by atoms with Crippen LogP contribution in [0.1, 0.15) is 40.3 Å². The van der Waals surface area contributed by atoms with Crippen LogP contribution in [0, 0.1) is 6.92 Å². The number of amides is 2. The van der Waals surface area contributed by atoms with Gasteiger partial charge in [0.15, 0.2) is 5.76 Å². The van der Waals surface area contributed by atoms with Crippen LogP contribution in [0.5, 0.6) is 17.2 Å². The summed E-state index contributed by atoms with van der Waals surface area (Å²) in [5.74, 6) is 0.905. The van der Waals surface area contributed by atoms with Crippen molar-refractivity contribution < 1.29 is 28.2 Å². The molecule has 0 saturated heterocycles. The lowest BCUT2D eigenvalue weighted by atomic mass is 10.1. The highest BCUT2D eigenvalue weighted by atomic mass is 16.5. The minimum atomic E-state index is -0.438. The fraction of sp³-hybridized carbons (Fsp3) is 0.214. The Balaban J connectivity index is 1.67. The van der Waals surface area contributed by atoms with Crippen molar-refractivity contribution >= 4 is 34.2 Å². The van der Waals surface area contributed by atoms with Gasteiger partial charge in [0.1, 0.15) is 22.8 Å². The molecule has 0 radical (unpaired) electrons. The molecule has 4 aromatic rings. The molecule has 0 spiro atoms. The number of anilines is 2. The number of carbonyl (C=O) groups excluding carboxylic acids is 2. The smallest absolute Gasteiger partial charge is 0.291 e. The number of hydrogen-bond donors (Lipinski definition) is 2. The monoisotopic (exact) mass is 488 g/mol. The molecule has 3 aromatic carbocycles. The molecule has 8 heteroatoms. The third-order valence-corrected chi connectivity index (χ3v) is 5.56. The lowest BCUT2D eigenvalue weighted by Gasteiger charge is -2.17. The number of methoxy groups -OCH3 is 1. The SMILES string of the molecule is CCOc1cc(NC(=O)c2oc3ccc(OC)cc3c2C)c(OCC)cc1NC(=O)c1ccccc1. The molecule has 0 aliphatic carbocycles. The maximum Gasteiger partial charge on any atom is 0.291 e. The van der Waals surface area contributed by atoms with Gasteiger partial charge in [-0.2, -0.15) is 0 Å². The van der Waals surface area contributed by atoms with E-state index in [2.05, 4.69) is 10.6 Å². The first-order chi connectivity index (χ1) is 17.4. The molecule has 0 unspecified atom stereocenters. The van der Waals surface area contributed by atoms with Gasteiger partial charge in [0.05, 0.1) is 31.7 Å². The molecule has 2 amide bonds. The Kier molecular flexibility index (Phi) is 7.44. The van der Waals surface area contributed by atoms with Crippen molar-refractivity contribution in [2.45, 2.75) is 20.8 Å². The van der Waals surface area contributed by atoms with Crippen molar-refractivity contribution in [2.75, 3.05) is 31.0 Å². The maximum absolute atomic E-state index is 13.2. The number of carbonyl (C=O) groups is 2. The molecule has 36 heavy (non-hydrogen) atoms. The van der Waals surface area contributed by atoms with Crippen LogP contribution in [0.15, 0.2) is 65.1 Å². The molecular weight excluding hydrogens is 460 g/mol. The third-order valence-electron chi connectivity index (χ3n) is 5.56. The zero-order valence-electron chi connectivity index (χ0n) is 20.6. The van der Waals surface area contributed by atoms with E-state index in [9.17, 15) is 9.59 Å². The van der Waals surface area contributed by atoms with Crippen molar-refractivity contribution in [2.24, 2.45) is 0 Å². The summed E-state index contributed by atoms with van der Waals surface area (Å²) in [5.41, 5.74) is 2.60. The van der Waals surface area contributed by atoms with E-state index in [-0.39, 0.29) is 11.7 Å². The second-order valence-electron chi connectivity index (χ2n) is 7.90. The second kappa shape index (κ2) is 10.9. The fourth-order valence-corrected chi connectivity index (χ4v) is 3.81. The quantitative estimate of drug-likeness (QED) is 0.297. The maximum atomic E-state index is 13.2. The van der Waals surface area contributed by atoms with E-state index >= 15 is 0 Å². The number of ether oxygens (including phenoxy) is 3. The molecule has 1 heterocycles. The van der Waals surface area contributed by atoms with E-state index < -0.39 is 5.91 Å². The third kappa shape index (κ3) is 5.12. The largest absolute Gasteiger partial charge is 0.497 e. The molecule has 186 valence electrons. The van der Waals surface area contributed by atoms with E-state index in [1.54, 1.807) is 55.6 Å². The zero-order valence-corrected chi connectivity index (χ0v) is 20.6. The molecule has 0 atom stereocenters. The average molecular weight is 489 g/mol. The van der Waals surface area contributed by atoms with Crippen LogP contribution in [0.3, 0.4) is 0 Å². The number of rotatable bonds is 9. The topological polar surface area (TPSA) is 99.0 Å². The summed E-state index contributed by atoms with van der Waals surface area (Å²) in [5, 5.41) is 6.54. The number of hydrogen-bond acceptors (Lipinski definition) is 6.